The van der Waals surface area contributed by atoms with Gasteiger partial charge in [-0.05, 0) is 25.1 Å². The predicted octanol–water partition coefficient (Wildman–Crippen LogP) is 3.12. The van der Waals surface area contributed by atoms with Gasteiger partial charge in [0.2, 0.25) is 5.82 Å². The van der Waals surface area contributed by atoms with Crippen LogP contribution >= 0.6 is 0 Å². The normalized spacial score (nSPS) is 12.5. The van der Waals surface area contributed by atoms with Gasteiger partial charge in [-0.1, -0.05) is 26.3 Å². The molecule has 0 bridgehead atoms. The van der Waals surface area contributed by atoms with Crippen molar-refractivity contribution in [2.75, 3.05) is 13.1 Å². The van der Waals surface area contributed by atoms with E-state index in [4.69, 9.17) is 4.74 Å². The molecule has 1 aromatic rings. The lowest BCUT2D eigenvalue weighted by Gasteiger charge is -2.19. The lowest BCUT2D eigenvalue weighted by molar-refractivity contribution is 0.177. The Morgan fingerprint density at radius 3 is 2.71 bits per heavy atom. The number of hydrogen-bond donors (Lipinski definition) is 1. The molecule has 17 heavy (non-hydrogen) atoms. The van der Waals surface area contributed by atoms with Crippen LogP contribution in [0.5, 0.6) is 5.75 Å². The lowest BCUT2D eigenvalue weighted by atomic mass is 10.2. The van der Waals surface area contributed by atoms with Crippen LogP contribution in [0.15, 0.2) is 18.2 Å². The molecule has 0 spiro atoms. The Morgan fingerprint density at radius 1 is 1.29 bits per heavy atom. The Balaban J connectivity index is 2.67. The minimum absolute atomic E-state index is 0.0126. The molecule has 0 heterocycles. The molecule has 1 N–H and O–H groups in total. The van der Waals surface area contributed by atoms with Gasteiger partial charge in [0.15, 0.2) is 11.6 Å². The summed E-state index contributed by atoms with van der Waals surface area (Å²) in [5.74, 6) is -1.80. The monoisotopic (exact) mass is 243 g/mol. The number of likely N-dealkylation sites (N-methyl/N-ethyl adjacent to an activating group) is 1. The van der Waals surface area contributed by atoms with Crippen LogP contribution in [-0.2, 0) is 0 Å². The van der Waals surface area contributed by atoms with Gasteiger partial charge in [0, 0.05) is 6.54 Å². The Hall–Kier alpha value is -1.16. The maximum atomic E-state index is 13.4. The fraction of sp³-hybridized carbons (Fsp3) is 0.538. The second-order valence-electron chi connectivity index (χ2n) is 3.89. The number of ether oxygens (including phenoxy) is 1. The summed E-state index contributed by atoms with van der Waals surface area (Å²) in [6.07, 6.45) is 1.62. The molecule has 2 nitrogen and oxygen atoms in total. The van der Waals surface area contributed by atoms with Crippen molar-refractivity contribution in [3.63, 3.8) is 0 Å². The highest BCUT2D eigenvalue weighted by Gasteiger charge is 2.14. The Bertz CT molecular complexity index is 344. The SMILES string of the molecule is CCCC(CNCC)Oc1cccc(F)c1F. The van der Waals surface area contributed by atoms with Gasteiger partial charge >= 0.3 is 0 Å². The third-order valence-corrected chi connectivity index (χ3v) is 2.44. The Labute approximate surface area is 101 Å². The van der Waals surface area contributed by atoms with Crippen LogP contribution in [0.1, 0.15) is 26.7 Å². The minimum Gasteiger partial charge on any atom is -0.486 e. The van der Waals surface area contributed by atoms with Crippen molar-refractivity contribution in [2.45, 2.75) is 32.8 Å². The van der Waals surface area contributed by atoms with E-state index in [2.05, 4.69) is 5.32 Å². The minimum atomic E-state index is -0.912. The third-order valence-electron chi connectivity index (χ3n) is 2.44. The van der Waals surface area contributed by atoms with E-state index in [0.29, 0.717) is 6.54 Å². The first kappa shape index (κ1) is 13.9. The molecule has 1 unspecified atom stereocenters. The van der Waals surface area contributed by atoms with Crippen LogP contribution in [0.3, 0.4) is 0 Å². The van der Waals surface area contributed by atoms with Crippen LogP contribution < -0.4 is 10.1 Å². The van der Waals surface area contributed by atoms with E-state index in [0.717, 1.165) is 25.5 Å². The molecular weight excluding hydrogens is 224 g/mol. The molecule has 0 aromatic heterocycles. The van der Waals surface area contributed by atoms with E-state index in [1.807, 2.05) is 13.8 Å². The highest BCUT2D eigenvalue weighted by Crippen LogP contribution is 2.21. The van der Waals surface area contributed by atoms with Crippen LogP contribution in [0.4, 0.5) is 8.78 Å². The van der Waals surface area contributed by atoms with Gasteiger partial charge < -0.3 is 10.1 Å². The molecule has 4 heteroatoms. The molecule has 1 aromatic carbocycles. The van der Waals surface area contributed by atoms with Gasteiger partial charge in [0.1, 0.15) is 6.10 Å². The van der Waals surface area contributed by atoms with Crippen LogP contribution in [-0.4, -0.2) is 19.2 Å². The fourth-order valence-electron chi connectivity index (χ4n) is 1.58. The highest BCUT2D eigenvalue weighted by molar-refractivity contribution is 5.25. The van der Waals surface area contributed by atoms with E-state index in [1.54, 1.807) is 0 Å². The standard InChI is InChI=1S/C13H19F2NO/c1-3-6-10(9-16-4-2)17-12-8-5-7-11(14)13(12)15/h5,7-8,10,16H,3-4,6,9H2,1-2H3. The van der Waals surface area contributed by atoms with Crippen molar-refractivity contribution < 1.29 is 13.5 Å². The van der Waals surface area contributed by atoms with E-state index in [9.17, 15) is 8.78 Å². The van der Waals surface area contributed by atoms with Crippen molar-refractivity contribution >= 4 is 0 Å². The summed E-state index contributed by atoms with van der Waals surface area (Å²) < 4.78 is 31.9. The molecule has 0 fully saturated rings. The molecule has 0 aliphatic rings. The van der Waals surface area contributed by atoms with Crippen molar-refractivity contribution in [1.29, 1.82) is 0 Å². The van der Waals surface area contributed by atoms with Gasteiger partial charge in [-0.2, -0.15) is 4.39 Å². The van der Waals surface area contributed by atoms with E-state index >= 15 is 0 Å². The molecule has 0 amide bonds. The molecule has 1 rings (SSSR count). The van der Waals surface area contributed by atoms with E-state index < -0.39 is 11.6 Å². The van der Waals surface area contributed by atoms with E-state index in [1.165, 1.54) is 12.1 Å². The Kier molecular flexibility index (Phi) is 5.91. The molecular formula is C13H19F2NO. The summed E-state index contributed by atoms with van der Waals surface area (Å²) in [5.41, 5.74) is 0. The van der Waals surface area contributed by atoms with Gasteiger partial charge in [-0.3, -0.25) is 0 Å². The summed E-state index contributed by atoms with van der Waals surface area (Å²) in [7, 11) is 0. The zero-order valence-corrected chi connectivity index (χ0v) is 10.3. The largest absolute Gasteiger partial charge is 0.486 e. The third kappa shape index (κ3) is 4.30. The second-order valence-corrected chi connectivity index (χ2v) is 3.89. The zero-order chi connectivity index (χ0) is 12.7. The number of nitrogens with one attached hydrogen (secondary N) is 1. The van der Waals surface area contributed by atoms with Gasteiger partial charge in [0.25, 0.3) is 0 Å². The van der Waals surface area contributed by atoms with Crippen molar-refractivity contribution in [1.82, 2.24) is 5.32 Å². The first-order valence-electron chi connectivity index (χ1n) is 6.00. The molecule has 1 atom stereocenters. The fourth-order valence-corrected chi connectivity index (χ4v) is 1.58. The first-order valence-corrected chi connectivity index (χ1v) is 6.00. The molecule has 0 aliphatic carbocycles. The Morgan fingerprint density at radius 2 is 2.06 bits per heavy atom. The molecule has 96 valence electrons. The summed E-state index contributed by atoms with van der Waals surface area (Å²) in [5, 5.41) is 3.15. The maximum Gasteiger partial charge on any atom is 0.200 e. The number of benzene rings is 1. The zero-order valence-electron chi connectivity index (χ0n) is 10.3. The first-order chi connectivity index (χ1) is 8.19. The molecule has 0 saturated carbocycles. The summed E-state index contributed by atoms with van der Waals surface area (Å²) in [6, 6.07) is 3.98. The number of halogens is 2. The summed E-state index contributed by atoms with van der Waals surface area (Å²) >= 11 is 0. The average molecular weight is 243 g/mol. The number of rotatable bonds is 7. The van der Waals surface area contributed by atoms with E-state index in [-0.39, 0.29) is 11.9 Å². The van der Waals surface area contributed by atoms with Crippen molar-refractivity contribution in [3.05, 3.63) is 29.8 Å². The van der Waals surface area contributed by atoms with Gasteiger partial charge in [-0.15, -0.1) is 0 Å². The molecule has 0 saturated heterocycles. The second kappa shape index (κ2) is 7.22. The highest BCUT2D eigenvalue weighted by atomic mass is 19.2. The van der Waals surface area contributed by atoms with Crippen LogP contribution in [0.2, 0.25) is 0 Å². The molecule has 0 radical (unpaired) electrons. The van der Waals surface area contributed by atoms with Crippen LogP contribution in [0, 0.1) is 11.6 Å². The predicted molar refractivity (Wildman–Crippen MR) is 64.2 cm³/mol. The van der Waals surface area contributed by atoms with Crippen molar-refractivity contribution in [2.24, 2.45) is 0 Å². The average Bonchev–Trinajstić information content (AvgIpc) is 2.32. The molecule has 0 aliphatic heterocycles. The lowest BCUT2D eigenvalue weighted by Crippen LogP contribution is -2.31. The number of hydrogen-bond acceptors (Lipinski definition) is 2. The quantitative estimate of drug-likeness (QED) is 0.794. The van der Waals surface area contributed by atoms with Gasteiger partial charge in [-0.25, -0.2) is 4.39 Å². The van der Waals surface area contributed by atoms with Gasteiger partial charge in [0.05, 0.1) is 0 Å². The van der Waals surface area contributed by atoms with Crippen LogP contribution in [0.25, 0.3) is 0 Å². The summed E-state index contributed by atoms with van der Waals surface area (Å²) in [4.78, 5) is 0. The maximum absolute atomic E-state index is 13.4. The summed E-state index contributed by atoms with van der Waals surface area (Å²) in [6.45, 7) is 5.49. The van der Waals surface area contributed by atoms with Crippen molar-refractivity contribution in [3.8, 4) is 5.75 Å². The topological polar surface area (TPSA) is 21.3 Å². The smallest absolute Gasteiger partial charge is 0.200 e.